The summed E-state index contributed by atoms with van der Waals surface area (Å²) in [4.78, 5) is 11.8. The minimum Gasteiger partial charge on any atom is -0.462 e. The summed E-state index contributed by atoms with van der Waals surface area (Å²) in [6.07, 6.45) is 3.41. The van der Waals surface area contributed by atoms with E-state index in [2.05, 4.69) is 11.4 Å². The second kappa shape index (κ2) is 8.32. The van der Waals surface area contributed by atoms with Crippen LogP contribution in [0.3, 0.4) is 0 Å². The first kappa shape index (κ1) is 15.4. The molecule has 0 bridgehead atoms. The van der Waals surface area contributed by atoms with E-state index in [4.69, 9.17) is 4.74 Å². The molecule has 1 heterocycles. The number of nitrogens with one attached hydrogen (secondary N) is 1. The van der Waals surface area contributed by atoms with E-state index in [0.29, 0.717) is 17.4 Å². The maximum Gasteiger partial charge on any atom is 0.338 e. The van der Waals surface area contributed by atoms with E-state index in [9.17, 15) is 4.79 Å². The number of thioether (sulfide) groups is 1. The lowest BCUT2D eigenvalue weighted by Crippen LogP contribution is -2.31. The number of hydrogen-bond donors (Lipinski definition) is 1. The smallest absolute Gasteiger partial charge is 0.338 e. The van der Waals surface area contributed by atoms with Crippen LogP contribution in [-0.4, -0.2) is 30.9 Å². The van der Waals surface area contributed by atoms with Crippen molar-refractivity contribution in [3.63, 3.8) is 0 Å². The first-order valence-electron chi connectivity index (χ1n) is 7.38. The molecule has 110 valence electrons. The van der Waals surface area contributed by atoms with Crippen molar-refractivity contribution in [3.8, 4) is 0 Å². The largest absolute Gasteiger partial charge is 0.462 e. The molecular weight excluding hydrogens is 270 g/mol. The van der Waals surface area contributed by atoms with Crippen LogP contribution in [0.5, 0.6) is 0 Å². The van der Waals surface area contributed by atoms with Crippen molar-refractivity contribution in [1.29, 1.82) is 0 Å². The number of rotatable bonds is 6. The van der Waals surface area contributed by atoms with Gasteiger partial charge >= 0.3 is 5.97 Å². The van der Waals surface area contributed by atoms with Gasteiger partial charge in [-0.05, 0) is 43.5 Å². The highest BCUT2D eigenvalue weighted by Crippen LogP contribution is 2.23. The summed E-state index contributed by atoms with van der Waals surface area (Å²) < 4.78 is 5.17. The van der Waals surface area contributed by atoms with Crippen LogP contribution < -0.4 is 5.32 Å². The van der Waals surface area contributed by atoms with Crippen LogP contribution in [0, 0.1) is 0 Å². The lowest BCUT2D eigenvalue weighted by molar-refractivity contribution is 0.0505. The number of hydrogen-bond acceptors (Lipinski definition) is 4. The summed E-state index contributed by atoms with van der Waals surface area (Å²) in [5.74, 6) is 0.749. The first-order valence-corrected chi connectivity index (χ1v) is 8.43. The summed E-state index contributed by atoms with van der Waals surface area (Å²) in [6.45, 7) is 4.74. The van der Waals surface area contributed by atoms with Crippen molar-refractivity contribution in [3.05, 3.63) is 35.4 Å². The van der Waals surface area contributed by atoms with Crippen LogP contribution >= 0.6 is 11.8 Å². The molecule has 20 heavy (non-hydrogen) atoms. The normalized spacial score (nSPS) is 18.8. The molecule has 1 aliphatic heterocycles. The molecule has 1 saturated heterocycles. The van der Waals surface area contributed by atoms with E-state index in [1.807, 2.05) is 36.9 Å². The summed E-state index contributed by atoms with van der Waals surface area (Å²) in [5, 5.41) is 4.12. The number of esters is 1. The van der Waals surface area contributed by atoms with Crippen molar-refractivity contribution < 1.29 is 9.53 Å². The van der Waals surface area contributed by atoms with E-state index < -0.39 is 0 Å². The van der Waals surface area contributed by atoms with Gasteiger partial charge in [-0.3, -0.25) is 0 Å². The Kier molecular flexibility index (Phi) is 6.40. The maximum atomic E-state index is 11.8. The predicted octanol–water partition coefficient (Wildman–Crippen LogP) is 3.24. The Hall–Kier alpha value is -1.00. The lowest BCUT2D eigenvalue weighted by atomic mass is 10.1. The molecule has 1 atom stereocenters. The van der Waals surface area contributed by atoms with Crippen molar-refractivity contribution in [2.75, 3.05) is 19.7 Å². The number of carbonyl (C=O) groups is 1. The Balaban J connectivity index is 1.86. The fourth-order valence-corrected chi connectivity index (χ4v) is 3.42. The summed E-state index contributed by atoms with van der Waals surface area (Å²) >= 11 is 1.97. The van der Waals surface area contributed by atoms with Crippen LogP contribution in [0.25, 0.3) is 0 Å². The number of ether oxygens (including phenoxy) is 1. The van der Waals surface area contributed by atoms with Gasteiger partial charge in [0.1, 0.15) is 0 Å². The highest BCUT2D eigenvalue weighted by Gasteiger charge is 2.13. The van der Waals surface area contributed by atoms with Gasteiger partial charge in [-0.15, -0.1) is 0 Å². The van der Waals surface area contributed by atoms with Gasteiger partial charge in [-0.1, -0.05) is 19.1 Å². The van der Waals surface area contributed by atoms with Crippen LogP contribution in [0.4, 0.5) is 0 Å². The molecule has 4 heteroatoms. The number of piperidine rings is 1. The molecule has 1 fully saturated rings. The van der Waals surface area contributed by atoms with Gasteiger partial charge < -0.3 is 10.1 Å². The molecule has 1 aromatic carbocycles. The SMILES string of the molecule is CCCOC(=O)c1cccc(CSC2CCCNC2)c1. The maximum absolute atomic E-state index is 11.8. The van der Waals surface area contributed by atoms with E-state index in [1.165, 1.54) is 18.4 Å². The average molecular weight is 293 g/mol. The third-order valence-electron chi connectivity index (χ3n) is 3.34. The second-order valence-corrected chi connectivity index (χ2v) is 6.40. The Bertz CT molecular complexity index is 430. The number of carbonyl (C=O) groups excluding carboxylic acids is 1. The summed E-state index contributed by atoms with van der Waals surface area (Å²) in [7, 11) is 0. The lowest BCUT2D eigenvalue weighted by Gasteiger charge is -2.22. The fraction of sp³-hybridized carbons (Fsp3) is 0.562. The zero-order valence-corrected chi connectivity index (χ0v) is 12.9. The van der Waals surface area contributed by atoms with Gasteiger partial charge in [-0.2, -0.15) is 11.8 Å². The fourth-order valence-electron chi connectivity index (χ4n) is 2.24. The van der Waals surface area contributed by atoms with Gasteiger partial charge in [0.05, 0.1) is 12.2 Å². The molecule has 0 aliphatic carbocycles. The van der Waals surface area contributed by atoms with Crippen LogP contribution in [-0.2, 0) is 10.5 Å². The predicted molar refractivity (Wildman–Crippen MR) is 84.2 cm³/mol. The molecule has 0 saturated carbocycles. The van der Waals surface area contributed by atoms with E-state index >= 15 is 0 Å². The zero-order valence-electron chi connectivity index (χ0n) is 12.1. The summed E-state index contributed by atoms with van der Waals surface area (Å²) in [6, 6.07) is 7.81. The molecule has 3 nitrogen and oxygen atoms in total. The van der Waals surface area contributed by atoms with E-state index in [-0.39, 0.29) is 5.97 Å². The van der Waals surface area contributed by atoms with Gasteiger partial charge in [0.2, 0.25) is 0 Å². The third-order valence-corrected chi connectivity index (χ3v) is 4.71. The van der Waals surface area contributed by atoms with Gasteiger partial charge in [0.25, 0.3) is 0 Å². The van der Waals surface area contributed by atoms with Crippen LogP contribution in [0.2, 0.25) is 0 Å². The molecule has 1 unspecified atom stereocenters. The van der Waals surface area contributed by atoms with Gasteiger partial charge in [-0.25, -0.2) is 4.79 Å². The summed E-state index contributed by atoms with van der Waals surface area (Å²) in [5.41, 5.74) is 1.87. The van der Waals surface area contributed by atoms with Crippen molar-refractivity contribution in [2.24, 2.45) is 0 Å². The molecule has 0 aromatic heterocycles. The Morgan fingerprint density at radius 1 is 1.50 bits per heavy atom. The molecular formula is C16H23NO2S. The average Bonchev–Trinajstić information content (AvgIpc) is 2.52. The molecule has 1 N–H and O–H groups in total. The minimum atomic E-state index is -0.210. The topological polar surface area (TPSA) is 38.3 Å². The van der Waals surface area contributed by atoms with E-state index in [0.717, 1.165) is 25.3 Å². The quantitative estimate of drug-likeness (QED) is 0.817. The monoisotopic (exact) mass is 293 g/mol. The zero-order chi connectivity index (χ0) is 14.2. The number of benzene rings is 1. The highest BCUT2D eigenvalue weighted by atomic mass is 32.2. The molecule has 1 aliphatic rings. The minimum absolute atomic E-state index is 0.210. The molecule has 0 amide bonds. The molecule has 1 aromatic rings. The highest BCUT2D eigenvalue weighted by molar-refractivity contribution is 7.99. The van der Waals surface area contributed by atoms with E-state index in [1.54, 1.807) is 0 Å². The Labute approximate surface area is 125 Å². The van der Waals surface area contributed by atoms with Crippen LogP contribution in [0.15, 0.2) is 24.3 Å². The molecule has 2 rings (SSSR count). The first-order chi connectivity index (χ1) is 9.79. The van der Waals surface area contributed by atoms with Crippen LogP contribution in [0.1, 0.15) is 42.1 Å². The Morgan fingerprint density at radius 2 is 2.40 bits per heavy atom. The van der Waals surface area contributed by atoms with Crippen molar-refractivity contribution in [2.45, 2.75) is 37.2 Å². The van der Waals surface area contributed by atoms with Crippen molar-refractivity contribution in [1.82, 2.24) is 5.32 Å². The molecule has 0 spiro atoms. The van der Waals surface area contributed by atoms with Gasteiger partial charge in [0, 0.05) is 17.5 Å². The van der Waals surface area contributed by atoms with Crippen molar-refractivity contribution >= 4 is 17.7 Å². The standard InChI is InChI=1S/C16H23NO2S/c1-2-9-19-16(18)14-6-3-5-13(10-14)12-20-15-7-4-8-17-11-15/h3,5-6,10,15,17H,2,4,7-9,11-12H2,1H3. The third kappa shape index (κ3) is 4.84. The Morgan fingerprint density at radius 3 is 3.15 bits per heavy atom. The molecule has 0 radical (unpaired) electrons. The van der Waals surface area contributed by atoms with Gasteiger partial charge in [0.15, 0.2) is 0 Å². The second-order valence-electron chi connectivity index (χ2n) is 5.12.